The second-order valence-electron chi connectivity index (χ2n) is 24.0. The summed E-state index contributed by atoms with van der Waals surface area (Å²) >= 11 is 0. The van der Waals surface area contributed by atoms with Crippen molar-refractivity contribution in [3.8, 4) is 23.0 Å². The lowest BCUT2D eigenvalue weighted by atomic mass is 9.91. The van der Waals surface area contributed by atoms with Crippen molar-refractivity contribution in [3.05, 3.63) is 294 Å². The first kappa shape index (κ1) is 59.6. The van der Waals surface area contributed by atoms with Crippen molar-refractivity contribution in [2.45, 2.75) is 38.8 Å². The number of amides is 2. The molecule has 4 N–H and O–H groups in total. The van der Waals surface area contributed by atoms with Crippen molar-refractivity contribution in [3.63, 3.8) is 0 Å². The number of fused-ring (bicyclic) bond motifs is 8. The van der Waals surface area contributed by atoms with E-state index in [2.05, 4.69) is 116 Å². The molecule has 1 aliphatic rings. The van der Waals surface area contributed by atoms with E-state index in [1.165, 1.54) is 48.5 Å². The van der Waals surface area contributed by atoms with E-state index in [4.69, 9.17) is 9.47 Å². The Morgan fingerprint density at radius 2 is 0.677 bits per heavy atom. The third-order valence-electron chi connectivity index (χ3n) is 18.0. The summed E-state index contributed by atoms with van der Waals surface area (Å²) in [5, 5.41) is 86.0. The van der Waals surface area contributed by atoms with Crippen molar-refractivity contribution >= 4 is 111 Å². The molecule has 0 unspecified atom stereocenters. The molecule has 0 heterocycles. The van der Waals surface area contributed by atoms with Gasteiger partial charge >= 0.3 is 0 Å². The van der Waals surface area contributed by atoms with Crippen LogP contribution < -0.4 is 20.1 Å². The van der Waals surface area contributed by atoms with E-state index in [1.807, 2.05) is 60.7 Å². The summed E-state index contributed by atoms with van der Waals surface area (Å²) in [6.07, 6.45) is 0.126. The van der Waals surface area contributed by atoms with Gasteiger partial charge in [-0.25, -0.2) is 0 Å². The molecule has 0 fully saturated rings. The van der Waals surface area contributed by atoms with Crippen LogP contribution in [0.15, 0.2) is 239 Å². The van der Waals surface area contributed by atoms with E-state index in [0.717, 1.165) is 75.8 Å². The number of benzene rings is 14. The maximum atomic E-state index is 14.2. The predicted octanol–water partition coefficient (Wildman–Crippen LogP) is 17.6. The maximum Gasteiger partial charge on any atom is 0.269 e. The molecule has 15 rings (SSSR count). The number of non-ortho nitro benzene ring substituents is 2. The Morgan fingerprint density at radius 3 is 1.02 bits per heavy atom. The third-order valence-corrected chi connectivity index (χ3v) is 18.0. The average Bonchev–Trinajstić information content (AvgIpc) is 0.750. The highest BCUT2D eigenvalue weighted by molar-refractivity contribution is 6.24. The number of nitrogens with one attached hydrogen (secondary N) is 2. The van der Waals surface area contributed by atoms with Gasteiger partial charge in [-0.1, -0.05) is 146 Å². The number of rotatable bonds is 16. The van der Waals surface area contributed by atoms with Crippen LogP contribution in [-0.2, 0) is 48.4 Å². The average molecular weight is 1270 g/mol. The molecule has 18 heteroatoms. The van der Waals surface area contributed by atoms with Crippen LogP contribution in [0.4, 0.5) is 34.1 Å². The van der Waals surface area contributed by atoms with E-state index in [0.29, 0.717) is 78.8 Å². The van der Waals surface area contributed by atoms with Gasteiger partial charge in [-0.05, 0) is 147 Å². The topological polar surface area (TPSA) is 253 Å². The zero-order valence-electron chi connectivity index (χ0n) is 51.3. The summed E-state index contributed by atoms with van der Waals surface area (Å²) in [5.74, 6) is -0.320. The monoisotopic (exact) mass is 1260 g/mol. The summed E-state index contributed by atoms with van der Waals surface area (Å²) < 4.78 is 13.3. The molecule has 2 amide bonds. The van der Waals surface area contributed by atoms with Gasteiger partial charge < -0.3 is 30.3 Å². The minimum Gasteiger partial charge on any atom is -0.507 e. The molecule has 0 atom stereocenters. The van der Waals surface area contributed by atoms with E-state index in [1.54, 1.807) is 24.3 Å². The predicted molar refractivity (Wildman–Crippen MR) is 370 cm³/mol. The lowest BCUT2D eigenvalue weighted by molar-refractivity contribution is -0.385. The van der Waals surface area contributed by atoms with Gasteiger partial charge in [-0.15, -0.1) is 0 Å². The van der Waals surface area contributed by atoms with Gasteiger partial charge in [-0.3, -0.25) is 29.8 Å². The van der Waals surface area contributed by atoms with E-state index in [-0.39, 0.29) is 61.6 Å². The lowest BCUT2D eigenvalue weighted by Crippen LogP contribution is -2.29. The molecule has 0 aromatic heterocycles. The molecule has 18 nitrogen and oxygen atoms in total. The number of ether oxygens (including phenoxy) is 2. The number of nitrogens with zero attached hydrogens (tertiary/aromatic N) is 6. The fourth-order valence-corrected chi connectivity index (χ4v) is 13.3. The highest BCUT2D eigenvalue weighted by Crippen LogP contribution is 2.43. The maximum absolute atomic E-state index is 14.2. The Bertz CT molecular complexity index is 5060. The zero-order chi connectivity index (χ0) is 65.6. The normalized spacial score (nSPS) is 12.4. The first-order valence-electron chi connectivity index (χ1n) is 31.2. The summed E-state index contributed by atoms with van der Waals surface area (Å²) in [6.45, 7) is -0.391. The van der Waals surface area contributed by atoms with Crippen molar-refractivity contribution in [2.75, 3.05) is 13.2 Å². The number of hydrogen-bond acceptors (Lipinski definition) is 14. The summed E-state index contributed by atoms with van der Waals surface area (Å²) in [5.41, 5.74) is 6.88. The summed E-state index contributed by atoms with van der Waals surface area (Å²) in [4.78, 5) is 50.5. The molecule has 468 valence electrons. The minimum absolute atomic E-state index is 0.0314. The van der Waals surface area contributed by atoms with Gasteiger partial charge in [0.2, 0.25) is 0 Å². The molecule has 14 aromatic carbocycles. The van der Waals surface area contributed by atoms with Gasteiger partial charge in [0.25, 0.3) is 23.2 Å². The fraction of sp³-hybridized carbons (Fsp3) is 0.103. The number of aromatic hydroxyl groups is 2. The number of carbonyl (C=O) groups excluding carboxylic acids is 2. The van der Waals surface area contributed by atoms with E-state index >= 15 is 0 Å². The van der Waals surface area contributed by atoms with Gasteiger partial charge in [0.1, 0.15) is 23.0 Å². The Balaban J connectivity index is 0.795. The molecule has 0 saturated carbocycles. The number of azo groups is 2. The van der Waals surface area contributed by atoms with Crippen LogP contribution in [-0.4, -0.2) is 45.1 Å². The van der Waals surface area contributed by atoms with Gasteiger partial charge in [0.15, 0.2) is 13.2 Å². The Morgan fingerprint density at radius 1 is 0.375 bits per heavy atom. The van der Waals surface area contributed by atoms with Crippen molar-refractivity contribution in [1.82, 2.24) is 10.6 Å². The van der Waals surface area contributed by atoms with Crippen LogP contribution in [0, 0.1) is 20.2 Å². The SMILES string of the molecule is O=C(COc1c2cccc1Cc1cc(N=Nc3ccc([N+](=O)[O-])cc3)cc(c1O)Cc1cccc(c1OCC(=O)NCc1ccc3ccc4cccc5ccc1c3c45)Cc1cc(N=Nc3ccc([N+](=O)[O-])cc3)cc(c1O)C2)NCc1ccc2ccc3cccc4ccc1c2c34. The van der Waals surface area contributed by atoms with Crippen molar-refractivity contribution in [2.24, 2.45) is 20.5 Å². The number of hydrogen-bond donors (Lipinski definition) is 4. The molecule has 0 aliphatic heterocycles. The minimum atomic E-state index is -0.499. The highest BCUT2D eigenvalue weighted by atomic mass is 16.6. The van der Waals surface area contributed by atoms with Crippen molar-refractivity contribution < 1.29 is 39.1 Å². The molecular weight excluding hydrogens is 1210 g/mol. The standard InChI is InChI=1S/C78H56N8O10/c87-69(79-41-55-19-17-49-15-13-45-5-1-7-47-21-31-67(55)73(49)71(45)47)43-95-77-51-9-3-10-52(77)34-58-38-64(84-82-62-25-29-66(30-26-62)86(93)94)40-60(76(58)90)36-54-12-4-11-53(35-59-39-63(37-57(33-51)75(59)89)83-81-61-23-27-65(28-24-61)85(91)92)78(54)96-44-70(88)80-42-56-20-18-50-16-14-46-6-2-8-48-22-32-68(56)74(50)72(46)48/h1-32,37-40,89-90H,33-36,41-44H2,(H,79,87)(H,80,88). The summed E-state index contributed by atoms with van der Waals surface area (Å²) in [7, 11) is 0. The molecule has 0 radical (unpaired) electrons. The Hall–Kier alpha value is -12.7. The van der Waals surface area contributed by atoms with Crippen molar-refractivity contribution in [1.29, 1.82) is 0 Å². The molecular formula is C78H56N8O10. The zero-order valence-corrected chi connectivity index (χ0v) is 51.3. The number of para-hydroxylation sites is 2. The second-order valence-corrected chi connectivity index (χ2v) is 24.0. The van der Waals surface area contributed by atoms with E-state index in [9.17, 15) is 40.0 Å². The first-order valence-corrected chi connectivity index (χ1v) is 31.2. The van der Waals surface area contributed by atoms with Gasteiger partial charge in [0.05, 0.1) is 32.6 Å². The molecule has 14 aromatic rings. The number of nitro benzene ring substituents is 2. The fourth-order valence-electron chi connectivity index (χ4n) is 13.3. The van der Waals surface area contributed by atoms with Crippen LogP contribution in [0.3, 0.4) is 0 Å². The number of nitro groups is 2. The van der Waals surface area contributed by atoms with Crippen LogP contribution in [0.25, 0.3) is 64.6 Å². The van der Waals surface area contributed by atoms with E-state index < -0.39 is 34.9 Å². The van der Waals surface area contributed by atoms with Crippen LogP contribution in [0.2, 0.25) is 0 Å². The Labute approximate surface area is 547 Å². The third kappa shape index (κ3) is 11.7. The van der Waals surface area contributed by atoms with Gasteiger partial charge in [0, 0.05) is 85.3 Å². The van der Waals surface area contributed by atoms with Crippen LogP contribution in [0.1, 0.15) is 55.6 Å². The molecule has 0 spiro atoms. The summed E-state index contributed by atoms with van der Waals surface area (Å²) in [6, 6.07) is 66.6. The quantitative estimate of drug-likeness (QED) is 0.0308. The van der Waals surface area contributed by atoms with Crippen LogP contribution in [0.5, 0.6) is 23.0 Å². The first-order chi connectivity index (χ1) is 46.8. The van der Waals surface area contributed by atoms with Gasteiger partial charge in [-0.2, -0.15) is 20.5 Å². The second kappa shape index (κ2) is 25.1. The lowest BCUT2D eigenvalue weighted by Gasteiger charge is -2.21. The molecule has 1 aliphatic carbocycles. The molecule has 0 saturated heterocycles. The van der Waals surface area contributed by atoms with Crippen LogP contribution >= 0.6 is 0 Å². The number of carbonyl (C=O) groups is 2. The highest BCUT2D eigenvalue weighted by Gasteiger charge is 2.24. The Kier molecular flexibility index (Phi) is 15.6. The molecule has 96 heavy (non-hydrogen) atoms. The smallest absolute Gasteiger partial charge is 0.269 e. The largest absolute Gasteiger partial charge is 0.507 e. The number of phenols is 2. The number of phenolic OH excluding ortho intramolecular Hbond substituents is 2. The molecule has 8 bridgehead atoms.